The molecule has 0 aliphatic heterocycles. The summed E-state index contributed by atoms with van der Waals surface area (Å²) in [6, 6.07) is 1.63. The highest BCUT2D eigenvalue weighted by atomic mass is 19.4. The molecule has 1 aromatic heterocycles. The summed E-state index contributed by atoms with van der Waals surface area (Å²) in [7, 11) is 1.22. The molecule has 0 unspecified atom stereocenters. The second-order valence-corrected chi connectivity index (χ2v) is 3.11. The van der Waals surface area contributed by atoms with Crippen molar-refractivity contribution in [3.8, 4) is 17.7 Å². The van der Waals surface area contributed by atoms with Crippen LogP contribution in [0, 0.1) is 11.3 Å². The van der Waals surface area contributed by atoms with Crippen LogP contribution >= 0.6 is 0 Å². The molecule has 1 rings (SSSR count). The van der Waals surface area contributed by atoms with Gasteiger partial charge in [-0.1, -0.05) is 0 Å². The molecule has 0 saturated carbocycles. The topological polar surface area (TPSA) is 55.1 Å². The zero-order valence-corrected chi connectivity index (χ0v) is 9.21. The molecule has 0 atom stereocenters. The molecule has 0 spiro atoms. The van der Waals surface area contributed by atoms with E-state index in [2.05, 4.69) is 9.72 Å². The highest BCUT2D eigenvalue weighted by Gasteiger charge is 2.33. The van der Waals surface area contributed by atoms with Crippen molar-refractivity contribution in [2.75, 3.05) is 7.11 Å². The van der Waals surface area contributed by atoms with E-state index in [1.807, 2.05) is 0 Å². The largest absolute Gasteiger partial charge is 0.574 e. The molecule has 0 saturated heterocycles. The maximum atomic E-state index is 12.8. The molecule has 0 aliphatic rings. The minimum atomic E-state index is -4.96. The van der Waals surface area contributed by atoms with Gasteiger partial charge >= 0.3 is 6.36 Å². The van der Waals surface area contributed by atoms with Crippen LogP contribution in [0.3, 0.4) is 0 Å². The Kier molecular flexibility index (Phi) is 4.31. The number of ether oxygens (including phenoxy) is 2. The third-order valence-electron chi connectivity index (χ3n) is 2.04. The van der Waals surface area contributed by atoms with E-state index in [0.717, 1.165) is 6.20 Å². The predicted molar refractivity (Wildman–Crippen MR) is 51.6 cm³/mol. The lowest BCUT2D eigenvalue weighted by atomic mass is 10.1. The summed E-state index contributed by atoms with van der Waals surface area (Å²) in [6.07, 6.45) is -4.51. The van der Waals surface area contributed by atoms with Crippen molar-refractivity contribution >= 4 is 0 Å². The average molecular weight is 264 g/mol. The Morgan fingerprint density at radius 1 is 1.39 bits per heavy atom. The molecular formula is C10H8F4N2O2. The summed E-state index contributed by atoms with van der Waals surface area (Å²) in [4.78, 5) is 3.38. The van der Waals surface area contributed by atoms with E-state index < -0.39 is 25.3 Å². The third-order valence-corrected chi connectivity index (χ3v) is 2.04. The Balaban J connectivity index is 3.30. The van der Waals surface area contributed by atoms with Crippen LogP contribution in [0.5, 0.6) is 11.6 Å². The molecule has 8 heteroatoms. The summed E-state index contributed by atoms with van der Waals surface area (Å²) in [5, 5.41) is 8.55. The molecular weight excluding hydrogens is 256 g/mol. The van der Waals surface area contributed by atoms with Gasteiger partial charge in [-0.25, -0.2) is 9.37 Å². The predicted octanol–water partition coefficient (Wildman–Crippen LogP) is 2.52. The lowest BCUT2D eigenvalue weighted by Crippen LogP contribution is -2.19. The molecule has 0 fully saturated rings. The SMILES string of the molecule is COc1cnc(OC(F)(F)F)c(CC#N)c1CF. The number of nitrogens with zero attached hydrogens (tertiary/aromatic N) is 2. The van der Waals surface area contributed by atoms with Crippen molar-refractivity contribution in [1.82, 2.24) is 4.98 Å². The molecule has 1 heterocycles. The minimum Gasteiger partial charge on any atom is -0.495 e. The Morgan fingerprint density at radius 2 is 2.06 bits per heavy atom. The van der Waals surface area contributed by atoms with Crippen LogP contribution in [0.2, 0.25) is 0 Å². The number of nitriles is 1. The van der Waals surface area contributed by atoms with Gasteiger partial charge in [-0.15, -0.1) is 13.2 Å². The van der Waals surface area contributed by atoms with Gasteiger partial charge in [0.25, 0.3) is 0 Å². The first-order valence-corrected chi connectivity index (χ1v) is 4.66. The van der Waals surface area contributed by atoms with E-state index >= 15 is 0 Å². The van der Waals surface area contributed by atoms with Gasteiger partial charge < -0.3 is 9.47 Å². The van der Waals surface area contributed by atoms with Crippen molar-refractivity contribution in [2.24, 2.45) is 0 Å². The fourth-order valence-corrected chi connectivity index (χ4v) is 1.33. The first-order valence-electron chi connectivity index (χ1n) is 4.66. The normalized spacial score (nSPS) is 10.9. The molecule has 0 bridgehead atoms. The van der Waals surface area contributed by atoms with Crippen LogP contribution in [-0.2, 0) is 13.1 Å². The van der Waals surface area contributed by atoms with Gasteiger partial charge in [-0.2, -0.15) is 5.26 Å². The second kappa shape index (κ2) is 5.53. The zero-order valence-electron chi connectivity index (χ0n) is 9.21. The highest BCUT2D eigenvalue weighted by molar-refractivity contribution is 5.45. The van der Waals surface area contributed by atoms with Gasteiger partial charge in [0.05, 0.1) is 25.8 Å². The molecule has 0 radical (unpaired) electrons. The Hall–Kier alpha value is -2.04. The lowest BCUT2D eigenvalue weighted by molar-refractivity contribution is -0.276. The van der Waals surface area contributed by atoms with Crippen LogP contribution in [-0.4, -0.2) is 18.5 Å². The summed E-state index contributed by atoms with van der Waals surface area (Å²) in [5.41, 5.74) is -0.440. The van der Waals surface area contributed by atoms with Crippen LogP contribution in [0.15, 0.2) is 6.20 Å². The Morgan fingerprint density at radius 3 is 2.50 bits per heavy atom. The van der Waals surface area contributed by atoms with E-state index in [-0.39, 0.29) is 16.9 Å². The van der Waals surface area contributed by atoms with Crippen molar-refractivity contribution in [1.29, 1.82) is 5.26 Å². The maximum Gasteiger partial charge on any atom is 0.574 e. The summed E-state index contributed by atoms with van der Waals surface area (Å²) in [5.74, 6) is -0.866. The maximum absolute atomic E-state index is 12.8. The molecule has 98 valence electrons. The minimum absolute atomic E-state index is 0.0303. The standard InChI is InChI=1S/C10H8F4N2O2/c1-17-8-5-16-9(18-10(12,13)14)6(2-3-15)7(8)4-11/h5H,2,4H2,1H3. The Bertz CT molecular complexity index is 468. The van der Waals surface area contributed by atoms with E-state index in [0.29, 0.717) is 0 Å². The third kappa shape index (κ3) is 3.23. The van der Waals surface area contributed by atoms with Crippen molar-refractivity contribution in [3.63, 3.8) is 0 Å². The van der Waals surface area contributed by atoms with Gasteiger partial charge in [0.2, 0.25) is 5.88 Å². The van der Waals surface area contributed by atoms with Crippen LogP contribution < -0.4 is 9.47 Å². The monoisotopic (exact) mass is 264 g/mol. The summed E-state index contributed by atoms with van der Waals surface area (Å²) in [6.45, 7) is -1.09. The molecule has 4 nitrogen and oxygen atoms in total. The number of aromatic nitrogens is 1. The quantitative estimate of drug-likeness (QED) is 0.784. The van der Waals surface area contributed by atoms with Gasteiger partial charge in [0, 0.05) is 11.1 Å². The first-order chi connectivity index (χ1) is 8.42. The van der Waals surface area contributed by atoms with Gasteiger partial charge in [0.15, 0.2) is 0 Å². The fraction of sp³-hybridized carbons (Fsp3) is 0.400. The number of hydrogen-bond acceptors (Lipinski definition) is 4. The van der Waals surface area contributed by atoms with Gasteiger partial charge in [-0.3, -0.25) is 0 Å². The Labute approximate surface area is 99.8 Å². The fourth-order valence-electron chi connectivity index (χ4n) is 1.33. The first kappa shape index (κ1) is 14.0. The summed E-state index contributed by atoms with van der Waals surface area (Å²) >= 11 is 0. The zero-order chi connectivity index (χ0) is 13.8. The summed E-state index contributed by atoms with van der Waals surface area (Å²) < 4.78 is 57.5. The number of methoxy groups -OCH3 is 1. The molecule has 1 aromatic rings. The lowest BCUT2D eigenvalue weighted by Gasteiger charge is -2.15. The van der Waals surface area contributed by atoms with Crippen molar-refractivity contribution in [3.05, 3.63) is 17.3 Å². The molecule has 0 amide bonds. The highest BCUT2D eigenvalue weighted by Crippen LogP contribution is 2.32. The average Bonchev–Trinajstić information content (AvgIpc) is 2.29. The van der Waals surface area contributed by atoms with Gasteiger partial charge in [0.1, 0.15) is 12.4 Å². The van der Waals surface area contributed by atoms with Gasteiger partial charge in [-0.05, 0) is 0 Å². The smallest absolute Gasteiger partial charge is 0.495 e. The van der Waals surface area contributed by atoms with Crippen LogP contribution in [0.1, 0.15) is 11.1 Å². The number of halogens is 4. The number of pyridine rings is 1. The van der Waals surface area contributed by atoms with E-state index in [1.165, 1.54) is 7.11 Å². The van der Waals surface area contributed by atoms with Crippen LogP contribution in [0.4, 0.5) is 17.6 Å². The molecule has 0 aromatic carbocycles. The van der Waals surface area contributed by atoms with Crippen molar-refractivity contribution < 1.29 is 27.0 Å². The van der Waals surface area contributed by atoms with E-state index in [9.17, 15) is 17.6 Å². The van der Waals surface area contributed by atoms with E-state index in [4.69, 9.17) is 10.00 Å². The van der Waals surface area contributed by atoms with Crippen LogP contribution in [0.25, 0.3) is 0 Å². The number of rotatable bonds is 4. The van der Waals surface area contributed by atoms with E-state index in [1.54, 1.807) is 6.07 Å². The molecule has 0 N–H and O–H groups in total. The molecule has 18 heavy (non-hydrogen) atoms. The molecule has 0 aliphatic carbocycles. The second-order valence-electron chi connectivity index (χ2n) is 3.11. The van der Waals surface area contributed by atoms with Crippen molar-refractivity contribution in [2.45, 2.75) is 19.5 Å². The number of hydrogen-bond donors (Lipinski definition) is 0. The number of alkyl halides is 4.